The van der Waals surface area contributed by atoms with Crippen LogP contribution >= 0.6 is 11.3 Å². The Morgan fingerprint density at radius 3 is 2.65 bits per heavy atom. The number of nitrogens with one attached hydrogen (secondary N) is 1. The summed E-state index contributed by atoms with van der Waals surface area (Å²) >= 11 is 1.66. The number of sulfonamides is 1. The molecule has 0 saturated heterocycles. The number of anilines is 1. The average Bonchev–Trinajstić information content (AvgIpc) is 3.44. The first-order valence-electron chi connectivity index (χ1n) is 10.9. The minimum absolute atomic E-state index is 0.118. The number of carbonyl (C=O) groups excluding carboxylic acids is 1. The Hall–Kier alpha value is -3.27. The molecule has 9 heteroatoms. The third-order valence-electron chi connectivity index (χ3n) is 6.04. The van der Waals surface area contributed by atoms with Crippen LogP contribution in [-0.2, 0) is 23.0 Å². The molecule has 0 aliphatic carbocycles. The van der Waals surface area contributed by atoms with Gasteiger partial charge in [-0.1, -0.05) is 24.3 Å². The number of hydrogen-bond donors (Lipinski definition) is 1. The van der Waals surface area contributed by atoms with Crippen LogP contribution in [0.25, 0.3) is 5.69 Å². The topological polar surface area (TPSA) is 84.3 Å². The number of aromatic nitrogens is 2. The van der Waals surface area contributed by atoms with Crippen LogP contribution in [0.3, 0.4) is 0 Å². The van der Waals surface area contributed by atoms with Crippen molar-refractivity contribution in [3.63, 3.8) is 0 Å². The summed E-state index contributed by atoms with van der Waals surface area (Å²) in [5.74, 6) is -0.380. The lowest BCUT2D eigenvalue weighted by atomic mass is 10.1. The molecule has 0 atom stereocenters. The molecular formula is C25H24N4O3S2. The van der Waals surface area contributed by atoms with Crippen LogP contribution in [-0.4, -0.2) is 35.0 Å². The number of carbonyl (C=O) groups is 1. The Labute approximate surface area is 202 Å². The summed E-state index contributed by atoms with van der Waals surface area (Å²) < 4.78 is 29.9. The third-order valence-corrected chi connectivity index (χ3v) is 8.90. The lowest BCUT2D eigenvalue weighted by Gasteiger charge is -2.26. The Morgan fingerprint density at radius 1 is 1.06 bits per heavy atom. The zero-order valence-corrected chi connectivity index (χ0v) is 20.5. The van der Waals surface area contributed by atoms with Gasteiger partial charge in [0.2, 0.25) is 10.0 Å². The van der Waals surface area contributed by atoms with Gasteiger partial charge in [0, 0.05) is 23.5 Å². The maximum atomic E-state index is 13.3. The van der Waals surface area contributed by atoms with Gasteiger partial charge in [-0.2, -0.15) is 9.40 Å². The van der Waals surface area contributed by atoms with Crippen molar-refractivity contribution < 1.29 is 13.2 Å². The van der Waals surface area contributed by atoms with Gasteiger partial charge in [0.1, 0.15) is 0 Å². The van der Waals surface area contributed by atoms with Gasteiger partial charge in [0.05, 0.1) is 27.7 Å². The molecule has 0 bridgehead atoms. The highest BCUT2D eigenvalue weighted by Gasteiger charge is 2.29. The standard InChI is InChI=1S/C25H24N4O3S2/c1-17-24(18(2)29(27-17)21-8-4-3-5-9-21)26-25(30)19-7-6-10-22(15-19)34(31,32)28-13-11-23-20(16-28)12-14-33-23/h3-10,12,14-15H,11,13,16H2,1-2H3,(H,26,30). The number of fused-ring (bicyclic) bond motifs is 1. The molecule has 1 amide bonds. The first-order valence-corrected chi connectivity index (χ1v) is 13.2. The zero-order valence-electron chi connectivity index (χ0n) is 18.9. The molecule has 0 radical (unpaired) electrons. The highest BCUT2D eigenvalue weighted by Crippen LogP contribution is 2.29. The smallest absolute Gasteiger partial charge is 0.255 e. The molecule has 34 heavy (non-hydrogen) atoms. The summed E-state index contributed by atoms with van der Waals surface area (Å²) in [6.07, 6.45) is 0.705. The van der Waals surface area contributed by atoms with Crippen LogP contribution in [0.15, 0.2) is 70.9 Å². The molecule has 1 aliphatic heterocycles. The van der Waals surface area contributed by atoms with Crippen molar-refractivity contribution in [2.24, 2.45) is 0 Å². The first kappa shape index (κ1) is 22.5. The highest BCUT2D eigenvalue weighted by molar-refractivity contribution is 7.89. The van der Waals surface area contributed by atoms with Gasteiger partial charge in [-0.3, -0.25) is 4.79 Å². The SMILES string of the molecule is Cc1nn(-c2ccccc2)c(C)c1NC(=O)c1cccc(S(=O)(=O)N2CCc3sccc3C2)c1. The van der Waals surface area contributed by atoms with Gasteiger partial charge >= 0.3 is 0 Å². The predicted molar refractivity (Wildman–Crippen MR) is 133 cm³/mol. The van der Waals surface area contributed by atoms with Gasteiger partial charge in [-0.05, 0) is 67.6 Å². The van der Waals surface area contributed by atoms with E-state index in [4.69, 9.17) is 0 Å². The number of nitrogens with zero attached hydrogens (tertiary/aromatic N) is 3. The maximum Gasteiger partial charge on any atom is 0.255 e. The molecule has 5 rings (SSSR count). The molecule has 174 valence electrons. The summed E-state index contributed by atoms with van der Waals surface area (Å²) in [6, 6.07) is 17.9. The van der Waals surface area contributed by atoms with Crippen molar-refractivity contribution in [3.8, 4) is 5.69 Å². The molecular weight excluding hydrogens is 468 g/mol. The van der Waals surface area contributed by atoms with Crippen molar-refractivity contribution >= 4 is 33.0 Å². The number of thiophene rings is 1. The molecule has 1 aliphatic rings. The van der Waals surface area contributed by atoms with E-state index >= 15 is 0 Å². The van der Waals surface area contributed by atoms with E-state index in [2.05, 4.69) is 10.4 Å². The largest absolute Gasteiger partial charge is 0.319 e. The minimum atomic E-state index is -3.72. The van der Waals surface area contributed by atoms with Crippen LogP contribution in [0.5, 0.6) is 0 Å². The number of rotatable bonds is 5. The summed E-state index contributed by atoms with van der Waals surface area (Å²) in [7, 11) is -3.72. The fourth-order valence-corrected chi connectivity index (χ4v) is 6.56. The van der Waals surface area contributed by atoms with Gasteiger partial charge in [0.15, 0.2) is 0 Å². The van der Waals surface area contributed by atoms with E-state index in [1.807, 2.05) is 55.6 Å². The second-order valence-corrected chi connectivity index (χ2v) is 11.2. The molecule has 0 spiro atoms. The van der Waals surface area contributed by atoms with E-state index < -0.39 is 10.0 Å². The number of hydrogen-bond acceptors (Lipinski definition) is 5. The van der Waals surface area contributed by atoms with Crippen LogP contribution < -0.4 is 5.32 Å². The molecule has 4 aromatic rings. The third kappa shape index (κ3) is 4.06. The van der Waals surface area contributed by atoms with Crippen molar-refractivity contribution in [1.82, 2.24) is 14.1 Å². The summed E-state index contributed by atoms with van der Waals surface area (Å²) in [5.41, 5.74) is 4.31. The molecule has 1 N–H and O–H groups in total. The molecule has 0 unspecified atom stereocenters. The molecule has 2 aromatic carbocycles. The second kappa shape index (κ2) is 8.83. The van der Waals surface area contributed by atoms with Crippen molar-refractivity contribution in [2.45, 2.75) is 31.7 Å². The Balaban J connectivity index is 1.39. The number of amides is 1. The number of para-hydroxylation sites is 1. The molecule has 0 saturated carbocycles. The van der Waals surface area contributed by atoms with Gasteiger partial charge in [0.25, 0.3) is 5.91 Å². The number of benzene rings is 2. The molecule has 2 aromatic heterocycles. The lowest BCUT2D eigenvalue weighted by Crippen LogP contribution is -2.35. The van der Waals surface area contributed by atoms with E-state index in [1.165, 1.54) is 15.2 Å². The number of aryl methyl sites for hydroxylation is 1. The van der Waals surface area contributed by atoms with Crippen LogP contribution in [0.2, 0.25) is 0 Å². The summed E-state index contributed by atoms with van der Waals surface area (Å²) in [6.45, 7) is 4.51. The fraction of sp³-hybridized carbons (Fsp3) is 0.200. The van der Waals surface area contributed by atoms with Crippen molar-refractivity contribution in [3.05, 3.63) is 93.4 Å². The molecule has 0 fully saturated rings. The molecule has 3 heterocycles. The van der Waals surface area contributed by atoms with Crippen molar-refractivity contribution in [2.75, 3.05) is 11.9 Å². The van der Waals surface area contributed by atoms with E-state index in [0.29, 0.717) is 30.9 Å². The minimum Gasteiger partial charge on any atom is -0.319 e. The monoisotopic (exact) mass is 492 g/mol. The van der Waals surface area contributed by atoms with Crippen LogP contribution in [0.1, 0.15) is 32.2 Å². The van der Waals surface area contributed by atoms with Crippen LogP contribution in [0, 0.1) is 13.8 Å². The van der Waals surface area contributed by atoms with Gasteiger partial charge in [-0.25, -0.2) is 13.1 Å². The van der Waals surface area contributed by atoms with E-state index in [9.17, 15) is 13.2 Å². The Kier molecular flexibility index (Phi) is 5.85. The van der Waals surface area contributed by atoms with Crippen molar-refractivity contribution in [1.29, 1.82) is 0 Å². The quantitative estimate of drug-likeness (QED) is 0.443. The molecule has 7 nitrogen and oxygen atoms in total. The average molecular weight is 493 g/mol. The van der Waals surface area contributed by atoms with E-state index in [-0.39, 0.29) is 16.4 Å². The normalized spacial score (nSPS) is 14.1. The predicted octanol–water partition coefficient (Wildman–Crippen LogP) is 4.55. The summed E-state index contributed by atoms with van der Waals surface area (Å²) in [5, 5.41) is 9.48. The van der Waals surface area contributed by atoms with Crippen LogP contribution in [0.4, 0.5) is 5.69 Å². The Morgan fingerprint density at radius 2 is 1.85 bits per heavy atom. The second-order valence-electron chi connectivity index (χ2n) is 8.23. The zero-order chi connectivity index (χ0) is 23.9. The Bertz CT molecular complexity index is 1470. The summed E-state index contributed by atoms with van der Waals surface area (Å²) in [4.78, 5) is 14.4. The highest BCUT2D eigenvalue weighted by atomic mass is 32.2. The van der Waals surface area contributed by atoms with E-state index in [1.54, 1.807) is 34.2 Å². The lowest BCUT2D eigenvalue weighted by molar-refractivity contribution is 0.102. The van der Waals surface area contributed by atoms with Gasteiger partial charge in [-0.15, -0.1) is 11.3 Å². The van der Waals surface area contributed by atoms with E-state index in [0.717, 1.165) is 16.9 Å². The first-order chi connectivity index (χ1) is 16.3. The fourth-order valence-electron chi connectivity index (χ4n) is 4.20. The maximum absolute atomic E-state index is 13.3. The van der Waals surface area contributed by atoms with Gasteiger partial charge < -0.3 is 5.32 Å².